The molecule has 0 radical (unpaired) electrons. The summed E-state index contributed by atoms with van der Waals surface area (Å²) in [7, 11) is 0. The quantitative estimate of drug-likeness (QED) is 0.799. The molecule has 2 aliphatic rings. The van der Waals surface area contributed by atoms with E-state index in [9.17, 15) is 9.59 Å². The second kappa shape index (κ2) is 6.29. The topological polar surface area (TPSA) is 56.8 Å². The molecule has 1 amide bonds. The number of hydrogen-bond donors (Lipinski definition) is 0. The van der Waals surface area contributed by atoms with Gasteiger partial charge < -0.3 is 4.90 Å². The molecule has 1 saturated heterocycles. The first-order chi connectivity index (χ1) is 12.1. The van der Waals surface area contributed by atoms with Gasteiger partial charge in [-0.15, -0.1) is 0 Å². The van der Waals surface area contributed by atoms with E-state index >= 15 is 0 Å². The second-order valence-electron chi connectivity index (χ2n) is 6.52. The number of pyridine rings is 1. The summed E-state index contributed by atoms with van der Waals surface area (Å²) in [4.78, 5) is 35.0. The number of anilines is 2. The van der Waals surface area contributed by atoms with Gasteiger partial charge in [-0.05, 0) is 31.2 Å². The molecule has 25 heavy (non-hydrogen) atoms. The lowest BCUT2D eigenvalue weighted by Gasteiger charge is -2.37. The van der Waals surface area contributed by atoms with E-state index in [4.69, 9.17) is 0 Å². The van der Waals surface area contributed by atoms with E-state index in [0.29, 0.717) is 12.2 Å². The first kappa shape index (κ1) is 15.8. The lowest BCUT2D eigenvalue weighted by molar-refractivity contribution is -0.114. The Hall–Kier alpha value is -2.73. The van der Waals surface area contributed by atoms with E-state index in [2.05, 4.69) is 14.8 Å². The second-order valence-corrected chi connectivity index (χ2v) is 6.52. The van der Waals surface area contributed by atoms with Crippen molar-refractivity contribution >= 4 is 23.2 Å². The number of aryl methyl sites for hydroxylation is 1. The summed E-state index contributed by atoms with van der Waals surface area (Å²) < 4.78 is 0. The molecule has 2 aromatic rings. The normalized spacial score (nSPS) is 18.0. The first-order valence-corrected chi connectivity index (χ1v) is 8.48. The van der Waals surface area contributed by atoms with Gasteiger partial charge in [0.1, 0.15) is 5.82 Å². The molecule has 2 aliphatic heterocycles. The molecule has 0 aliphatic carbocycles. The van der Waals surface area contributed by atoms with Crippen LogP contribution in [0.4, 0.5) is 11.5 Å². The van der Waals surface area contributed by atoms with E-state index in [1.54, 1.807) is 17.2 Å². The van der Waals surface area contributed by atoms with Gasteiger partial charge in [0.2, 0.25) is 0 Å². The zero-order valence-corrected chi connectivity index (χ0v) is 14.2. The summed E-state index contributed by atoms with van der Waals surface area (Å²) >= 11 is 0. The number of carbonyl (C=O) groups is 2. The van der Waals surface area contributed by atoms with Gasteiger partial charge in [0.05, 0.1) is 17.9 Å². The van der Waals surface area contributed by atoms with E-state index in [-0.39, 0.29) is 0 Å². The lowest BCUT2D eigenvalue weighted by Crippen LogP contribution is -2.51. The maximum atomic E-state index is 12.4. The highest BCUT2D eigenvalue weighted by molar-refractivity contribution is 6.52. The van der Waals surface area contributed by atoms with Crippen LogP contribution in [0.5, 0.6) is 0 Å². The number of rotatable bonds is 3. The van der Waals surface area contributed by atoms with Gasteiger partial charge in [0, 0.05) is 32.4 Å². The highest BCUT2D eigenvalue weighted by atomic mass is 16.2. The molecular weight excluding hydrogens is 316 g/mol. The third-order valence-corrected chi connectivity index (χ3v) is 4.81. The van der Waals surface area contributed by atoms with Crippen LogP contribution in [0.1, 0.15) is 15.9 Å². The van der Waals surface area contributed by atoms with Crippen molar-refractivity contribution in [3.8, 4) is 0 Å². The van der Waals surface area contributed by atoms with Gasteiger partial charge in [-0.3, -0.25) is 19.4 Å². The summed E-state index contributed by atoms with van der Waals surface area (Å²) in [5.41, 5.74) is 2.25. The Kier molecular flexibility index (Phi) is 3.97. The van der Waals surface area contributed by atoms with Crippen molar-refractivity contribution in [2.24, 2.45) is 0 Å². The van der Waals surface area contributed by atoms with E-state index < -0.39 is 11.7 Å². The number of carbonyl (C=O) groups excluding carboxylic acids is 2. The molecule has 128 valence electrons. The molecule has 0 spiro atoms. The van der Waals surface area contributed by atoms with Crippen LogP contribution in [0.15, 0.2) is 42.6 Å². The molecule has 0 saturated carbocycles. The number of amides is 1. The average Bonchev–Trinajstić information content (AvgIpc) is 2.88. The number of Topliss-reactive ketones (excluding diaryl/α,β-unsaturated/α-hetero) is 1. The smallest absolute Gasteiger partial charge is 0.300 e. The summed E-state index contributed by atoms with van der Waals surface area (Å²) in [6.07, 6.45) is 1.80. The number of ketones is 1. The Balaban J connectivity index is 1.44. The molecule has 0 atom stereocenters. The average molecular weight is 336 g/mol. The fraction of sp³-hybridized carbons (Fsp3) is 0.316. The summed E-state index contributed by atoms with van der Waals surface area (Å²) in [6, 6.07) is 11.5. The van der Waals surface area contributed by atoms with Gasteiger partial charge in [-0.1, -0.05) is 17.7 Å². The predicted molar refractivity (Wildman–Crippen MR) is 95.9 cm³/mol. The Labute approximate surface area is 146 Å². The Morgan fingerprint density at radius 3 is 2.56 bits per heavy atom. The molecule has 6 heteroatoms. The molecule has 6 nitrogen and oxygen atoms in total. The van der Waals surface area contributed by atoms with E-state index in [1.165, 1.54) is 0 Å². The molecule has 3 heterocycles. The van der Waals surface area contributed by atoms with Crippen LogP contribution in [0, 0.1) is 6.92 Å². The fourth-order valence-corrected chi connectivity index (χ4v) is 3.41. The van der Waals surface area contributed by atoms with Gasteiger partial charge in [-0.2, -0.15) is 0 Å². The maximum Gasteiger partial charge on any atom is 0.300 e. The first-order valence-electron chi connectivity index (χ1n) is 8.48. The molecule has 0 bridgehead atoms. The zero-order valence-electron chi connectivity index (χ0n) is 14.2. The highest BCUT2D eigenvalue weighted by Gasteiger charge is 2.36. The van der Waals surface area contributed by atoms with Crippen LogP contribution >= 0.6 is 0 Å². The van der Waals surface area contributed by atoms with Crippen molar-refractivity contribution in [1.29, 1.82) is 0 Å². The number of piperazine rings is 1. The van der Waals surface area contributed by atoms with Crippen LogP contribution in [-0.2, 0) is 4.79 Å². The summed E-state index contributed by atoms with van der Waals surface area (Å²) in [5, 5.41) is 0. The number of fused-ring (bicyclic) bond motifs is 1. The summed E-state index contributed by atoms with van der Waals surface area (Å²) in [6.45, 7) is 5.75. The third kappa shape index (κ3) is 2.89. The van der Waals surface area contributed by atoms with Gasteiger partial charge in [0.25, 0.3) is 5.78 Å². The van der Waals surface area contributed by atoms with Crippen molar-refractivity contribution < 1.29 is 9.59 Å². The molecule has 0 unspecified atom stereocenters. The van der Waals surface area contributed by atoms with Crippen molar-refractivity contribution in [2.75, 3.05) is 42.6 Å². The van der Waals surface area contributed by atoms with Crippen molar-refractivity contribution in [1.82, 2.24) is 9.88 Å². The largest absolute Gasteiger partial charge is 0.354 e. The monoisotopic (exact) mass is 336 g/mol. The minimum atomic E-state index is -0.423. The number of nitrogens with zero attached hydrogens (tertiary/aromatic N) is 4. The van der Waals surface area contributed by atoms with Gasteiger partial charge >= 0.3 is 5.91 Å². The van der Waals surface area contributed by atoms with Crippen LogP contribution in [0.2, 0.25) is 0 Å². The fourth-order valence-electron chi connectivity index (χ4n) is 3.41. The minimum absolute atomic E-state index is 0.397. The third-order valence-electron chi connectivity index (χ3n) is 4.81. The molecular formula is C19H20N4O2. The Morgan fingerprint density at radius 1 is 1.04 bits per heavy atom. The number of hydrogen-bond acceptors (Lipinski definition) is 5. The maximum absolute atomic E-state index is 12.4. The highest BCUT2D eigenvalue weighted by Crippen LogP contribution is 2.30. The standard InChI is InChI=1S/C19H20N4O2/c1-14-5-6-16-15(12-14)18(24)19(25)23(16)13-21-8-10-22(11-9-21)17-4-2-3-7-20-17/h2-7,12H,8-11,13H2,1H3. The minimum Gasteiger partial charge on any atom is -0.354 e. The van der Waals surface area contributed by atoms with Crippen LogP contribution < -0.4 is 9.80 Å². The summed E-state index contributed by atoms with van der Waals surface area (Å²) in [5.74, 6) is 0.161. The van der Waals surface area contributed by atoms with Gasteiger partial charge in [-0.25, -0.2) is 4.98 Å². The van der Waals surface area contributed by atoms with Crippen molar-refractivity contribution in [3.05, 3.63) is 53.7 Å². The Morgan fingerprint density at radius 2 is 1.84 bits per heavy atom. The van der Waals surface area contributed by atoms with E-state index in [0.717, 1.165) is 43.2 Å². The van der Waals surface area contributed by atoms with Crippen molar-refractivity contribution in [2.45, 2.75) is 6.92 Å². The number of aromatic nitrogens is 1. The van der Waals surface area contributed by atoms with Gasteiger partial charge in [0.15, 0.2) is 0 Å². The molecule has 1 aromatic heterocycles. The van der Waals surface area contributed by atoms with Crippen LogP contribution in [-0.4, -0.2) is 54.4 Å². The SMILES string of the molecule is Cc1ccc2c(c1)C(=O)C(=O)N2CN1CCN(c2ccccn2)CC1. The molecule has 0 N–H and O–H groups in total. The predicted octanol–water partition coefficient (Wildman–Crippen LogP) is 1.70. The van der Waals surface area contributed by atoms with Crippen LogP contribution in [0.25, 0.3) is 0 Å². The zero-order chi connectivity index (χ0) is 17.4. The molecule has 1 aromatic carbocycles. The van der Waals surface area contributed by atoms with Crippen LogP contribution in [0.3, 0.4) is 0 Å². The Bertz CT molecular complexity index is 813. The van der Waals surface area contributed by atoms with E-state index in [1.807, 2.05) is 37.3 Å². The van der Waals surface area contributed by atoms with Crippen molar-refractivity contribution in [3.63, 3.8) is 0 Å². The number of benzene rings is 1. The molecule has 1 fully saturated rings. The lowest BCUT2D eigenvalue weighted by atomic mass is 10.1. The molecule has 4 rings (SSSR count).